The van der Waals surface area contributed by atoms with Crippen molar-refractivity contribution < 1.29 is 14.7 Å². The van der Waals surface area contributed by atoms with Crippen molar-refractivity contribution in [2.24, 2.45) is 0 Å². The van der Waals surface area contributed by atoms with Crippen LogP contribution in [-0.4, -0.2) is 17.0 Å². The van der Waals surface area contributed by atoms with Crippen LogP contribution in [0, 0.1) is 13.8 Å². The van der Waals surface area contributed by atoms with Crippen LogP contribution in [0.25, 0.3) is 28.3 Å². The predicted molar refractivity (Wildman–Crippen MR) is 153 cm³/mol. The lowest BCUT2D eigenvalue weighted by atomic mass is 9.92. The zero-order valence-electron chi connectivity index (χ0n) is 21.7. The number of hydrogen-bond donors (Lipinski definition) is 2. The first-order valence-electron chi connectivity index (χ1n) is 12.3. The highest BCUT2D eigenvalue weighted by atomic mass is 16.4. The highest BCUT2D eigenvalue weighted by Gasteiger charge is 2.25. The van der Waals surface area contributed by atoms with E-state index >= 15 is 0 Å². The smallest absolute Gasteiger partial charge is 0.307 e. The number of fused-ring (bicyclic) bond motifs is 1. The van der Waals surface area contributed by atoms with Crippen molar-refractivity contribution in [1.82, 2.24) is 0 Å². The number of amides is 1. The van der Waals surface area contributed by atoms with Crippen LogP contribution in [-0.2, 0) is 16.0 Å². The fraction of sp³-hybridized carbons (Fsp3) is 0.152. The molecule has 0 bridgehead atoms. The number of hydrogen-bond acceptors (Lipinski definition) is 2. The Kier molecular flexibility index (Phi) is 7.40. The van der Waals surface area contributed by atoms with Crippen molar-refractivity contribution in [1.29, 1.82) is 0 Å². The second-order valence-corrected chi connectivity index (χ2v) is 9.45. The summed E-state index contributed by atoms with van der Waals surface area (Å²) in [6.45, 7) is 12.0. The molecular weight excluding hydrogens is 458 g/mol. The van der Waals surface area contributed by atoms with Crippen LogP contribution < -0.4 is 5.32 Å². The van der Waals surface area contributed by atoms with Crippen molar-refractivity contribution >= 4 is 34.8 Å². The first kappa shape index (κ1) is 25.6. The van der Waals surface area contributed by atoms with Crippen LogP contribution in [0.5, 0.6) is 0 Å². The minimum absolute atomic E-state index is 0.0536. The normalized spacial score (nSPS) is 14.2. The third-order valence-electron chi connectivity index (χ3n) is 6.60. The molecule has 0 saturated heterocycles. The summed E-state index contributed by atoms with van der Waals surface area (Å²) in [6, 6.07) is 18.1. The van der Waals surface area contributed by atoms with Gasteiger partial charge < -0.3 is 10.4 Å². The third-order valence-corrected chi connectivity index (χ3v) is 6.60. The molecule has 1 aliphatic heterocycles. The second kappa shape index (κ2) is 10.7. The summed E-state index contributed by atoms with van der Waals surface area (Å²) < 4.78 is 0. The third kappa shape index (κ3) is 5.54. The number of nitrogens with one attached hydrogen (secondary N) is 1. The Morgan fingerprint density at radius 3 is 2.38 bits per heavy atom. The number of carboxylic acids is 1. The lowest BCUT2D eigenvalue weighted by Gasteiger charge is -2.12. The van der Waals surface area contributed by atoms with Crippen molar-refractivity contribution in [3.63, 3.8) is 0 Å². The number of rotatable bonds is 7. The average molecular weight is 490 g/mol. The minimum Gasteiger partial charge on any atom is -0.481 e. The molecule has 1 amide bonds. The van der Waals surface area contributed by atoms with E-state index in [9.17, 15) is 14.7 Å². The lowest BCUT2D eigenvalue weighted by Crippen LogP contribution is -2.04. The maximum Gasteiger partial charge on any atom is 0.307 e. The molecule has 0 saturated carbocycles. The SMILES string of the molecule is C=C(C)/C(=C\C=C/C)c1ccc(-c2cc3c(cc2C)NC(=O)/C3=C\c2ccc(C)c(CC(=O)O)c2)cc1. The van der Waals surface area contributed by atoms with E-state index in [1.54, 1.807) is 0 Å². The van der Waals surface area contributed by atoms with E-state index in [0.717, 1.165) is 61.3 Å². The van der Waals surface area contributed by atoms with Crippen molar-refractivity contribution in [3.05, 3.63) is 118 Å². The lowest BCUT2D eigenvalue weighted by molar-refractivity contribution is -0.136. The molecule has 4 nitrogen and oxygen atoms in total. The molecule has 0 aromatic heterocycles. The molecule has 37 heavy (non-hydrogen) atoms. The van der Waals surface area contributed by atoms with Gasteiger partial charge in [0.1, 0.15) is 0 Å². The zero-order valence-corrected chi connectivity index (χ0v) is 21.7. The topological polar surface area (TPSA) is 66.4 Å². The van der Waals surface area contributed by atoms with Gasteiger partial charge in [0, 0.05) is 16.8 Å². The number of benzene rings is 3. The summed E-state index contributed by atoms with van der Waals surface area (Å²) in [4.78, 5) is 24.1. The van der Waals surface area contributed by atoms with Gasteiger partial charge in [0.05, 0.1) is 6.42 Å². The van der Waals surface area contributed by atoms with Gasteiger partial charge in [-0.05, 0) is 90.4 Å². The molecule has 3 aromatic carbocycles. The Morgan fingerprint density at radius 2 is 1.73 bits per heavy atom. The van der Waals surface area contributed by atoms with Crippen LogP contribution in [0.3, 0.4) is 0 Å². The van der Waals surface area contributed by atoms with E-state index in [1.807, 2.05) is 70.2 Å². The first-order valence-corrected chi connectivity index (χ1v) is 12.3. The van der Waals surface area contributed by atoms with Gasteiger partial charge in [0.2, 0.25) is 0 Å². The largest absolute Gasteiger partial charge is 0.481 e. The van der Waals surface area contributed by atoms with Gasteiger partial charge in [-0.25, -0.2) is 0 Å². The van der Waals surface area contributed by atoms with Gasteiger partial charge >= 0.3 is 5.97 Å². The monoisotopic (exact) mass is 489 g/mol. The maximum atomic E-state index is 12.9. The van der Waals surface area contributed by atoms with Crippen LogP contribution >= 0.6 is 0 Å². The highest BCUT2D eigenvalue weighted by Crippen LogP contribution is 2.39. The summed E-state index contributed by atoms with van der Waals surface area (Å²) in [5.74, 6) is -1.04. The van der Waals surface area contributed by atoms with Crippen molar-refractivity contribution in [2.75, 3.05) is 5.32 Å². The fourth-order valence-corrected chi connectivity index (χ4v) is 4.61. The highest BCUT2D eigenvalue weighted by molar-refractivity contribution is 6.35. The summed E-state index contributed by atoms with van der Waals surface area (Å²) >= 11 is 0. The molecule has 4 heteroatoms. The molecule has 4 rings (SSSR count). The van der Waals surface area contributed by atoms with Gasteiger partial charge in [0.15, 0.2) is 0 Å². The minimum atomic E-state index is -0.879. The molecule has 2 N–H and O–H groups in total. The molecule has 0 aliphatic carbocycles. The molecule has 0 spiro atoms. The summed E-state index contributed by atoms with van der Waals surface area (Å²) in [5.41, 5.74) is 11.0. The summed E-state index contributed by atoms with van der Waals surface area (Å²) in [5, 5.41) is 12.2. The van der Waals surface area contributed by atoms with Crippen molar-refractivity contribution in [2.45, 2.75) is 34.1 Å². The standard InChI is InChI=1S/C33H31NO3/c1-6-7-8-27(20(2)3)24-11-13-25(14-12-24)28-19-29-30(33(37)34-31(29)15-22(28)5)17-23-10-9-21(4)26(16-23)18-32(35)36/h6-17,19H,2,18H2,1,3-5H3,(H,34,37)(H,35,36)/b7-6-,27-8+,30-17-. The summed E-state index contributed by atoms with van der Waals surface area (Å²) in [6.07, 6.45) is 7.86. The van der Waals surface area contributed by atoms with Gasteiger partial charge in [-0.1, -0.05) is 72.8 Å². The van der Waals surface area contributed by atoms with E-state index < -0.39 is 5.97 Å². The molecule has 3 aromatic rings. The van der Waals surface area contributed by atoms with Gasteiger partial charge in [0.25, 0.3) is 5.91 Å². The Balaban J connectivity index is 1.73. The summed E-state index contributed by atoms with van der Waals surface area (Å²) in [7, 11) is 0. The second-order valence-electron chi connectivity index (χ2n) is 9.45. The van der Waals surface area contributed by atoms with Crippen LogP contribution in [0.2, 0.25) is 0 Å². The van der Waals surface area contributed by atoms with Gasteiger partial charge in [-0.2, -0.15) is 0 Å². The Labute approximate surface area is 218 Å². The molecule has 186 valence electrons. The van der Waals surface area contributed by atoms with E-state index in [-0.39, 0.29) is 12.3 Å². The van der Waals surface area contributed by atoms with E-state index in [0.29, 0.717) is 5.57 Å². The first-order chi connectivity index (χ1) is 17.7. The number of carbonyl (C=O) groups excluding carboxylic acids is 1. The van der Waals surface area contributed by atoms with E-state index in [4.69, 9.17) is 0 Å². The predicted octanol–water partition coefficient (Wildman–Crippen LogP) is 7.63. The van der Waals surface area contributed by atoms with E-state index in [1.165, 1.54) is 0 Å². The Hall–Kier alpha value is -4.44. The molecule has 0 fully saturated rings. The van der Waals surface area contributed by atoms with Gasteiger partial charge in [-0.15, -0.1) is 0 Å². The molecular formula is C33H31NO3. The molecule has 0 atom stereocenters. The number of carboxylic acid groups (broad SMARTS) is 1. The fourth-order valence-electron chi connectivity index (χ4n) is 4.61. The van der Waals surface area contributed by atoms with Crippen molar-refractivity contribution in [3.8, 4) is 11.1 Å². The number of aliphatic carboxylic acids is 1. The number of allylic oxidation sites excluding steroid dienone is 5. The number of aryl methyl sites for hydroxylation is 2. The van der Waals surface area contributed by atoms with Crippen LogP contribution in [0.4, 0.5) is 5.69 Å². The molecule has 0 radical (unpaired) electrons. The Bertz CT molecular complexity index is 1500. The van der Waals surface area contributed by atoms with E-state index in [2.05, 4.69) is 48.3 Å². The van der Waals surface area contributed by atoms with Crippen LogP contribution in [0.15, 0.2) is 85.0 Å². The molecule has 1 aliphatic rings. The molecule has 1 heterocycles. The maximum absolute atomic E-state index is 12.9. The molecule has 0 unspecified atom stereocenters. The van der Waals surface area contributed by atoms with Crippen LogP contribution in [0.1, 0.15) is 47.2 Å². The number of carbonyl (C=O) groups is 2. The number of anilines is 1. The quantitative estimate of drug-likeness (QED) is 0.265. The Morgan fingerprint density at radius 1 is 1.00 bits per heavy atom. The average Bonchev–Trinajstić information content (AvgIpc) is 3.14. The zero-order chi connectivity index (χ0) is 26.7. The van der Waals surface area contributed by atoms with Gasteiger partial charge in [-0.3, -0.25) is 9.59 Å².